The predicted octanol–water partition coefficient (Wildman–Crippen LogP) is 2.94. The first kappa shape index (κ1) is 17.2. The van der Waals surface area contributed by atoms with E-state index in [2.05, 4.69) is 5.32 Å². The number of carboxylic acid groups (broad SMARTS) is 1. The summed E-state index contributed by atoms with van der Waals surface area (Å²) in [7, 11) is 0. The number of nitrogens with zero attached hydrogens (tertiary/aromatic N) is 1. The second-order valence-electron chi connectivity index (χ2n) is 6.61. The molecule has 0 radical (unpaired) electrons. The van der Waals surface area contributed by atoms with Crippen molar-refractivity contribution >= 4 is 17.6 Å². The van der Waals surface area contributed by atoms with E-state index in [1.807, 2.05) is 66.4 Å². The van der Waals surface area contributed by atoms with E-state index in [-0.39, 0.29) is 18.4 Å². The summed E-state index contributed by atoms with van der Waals surface area (Å²) in [4.78, 5) is 25.3. The summed E-state index contributed by atoms with van der Waals surface area (Å²) in [6, 6.07) is 17.8. The van der Waals surface area contributed by atoms with Gasteiger partial charge in [0.25, 0.3) is 0 Å². The van der Waals surface area contributed by atoms with Gasteiger partial charge in [0.15, 0.2) is 0 Å². The summed E-state index contributed by atoms with van der Waals surface area (Å²) >= 11 is 0. The molecule has 1 fully saturated rings. The summed E-state index contributed by atoms with van der Waals surface area (Å²) in [5.41, 5.74) is 2.97. The molecule has 1 aliphatic rings. The number of carboxylic acids is 1. The fourth-order valence-electron chi connectivity index (χ4n) is 3.30. The average molecular weight is 338 g/mol. The van der Waals surface area contributed by atoms with Crippen LogP contribution >= 0.6 is 0 Å². The number of nitrogens with one attached hydrogen (secondary N) is 1. The van der Waals surface area contributed by atoms with E-state index in [9.17, 15) is 9.59 Å². The average Bonchev–Trinajstić information content (AvgIpc) is 2.96. The van der Waals surface area contributed by atoms with E-state index in [1.54, 1.807) is 0 Å². The third-order valence-corrected chi connectivity index (χ3v) is 4.65. The number of carbonyl (C=O) groups is 2. The lowest BCUT2D eigenvalue weighted by Crippen LogP contribution is -2.32. The maximum absolute atomic E-state index is 12.2. The lowest BCUT2D eigenvalue weighted by molar-refractivity contribution is -0.142. The highest BCUT2D eigenvalue weighted by Crippen LogP contribution is 2.23. The van der Waals surface area contributed by atoms with Crippen molar-refractivity contribution in [2.75, 3.05) is 25.0 Å². The van der Waals surface area contributed by atoms with Crippen LogP contribution in [-0.2, 0) is 9.59 Å². The van der Waals surface area contributed by atoms with E-state index in [1.165, 1.54) is 0 Å². The van der Waals surface area contributed by atoms with Crippen LogP contribution in [0.15, 0.2) is 54.6 Å². The summed E-state index contributed by atoms with van der Waals surface area (Å²) in [6.07, 6.45) is 0. The summed E-state index contributed by atoms with van der Waals surface area (Å²) in [5, 5.41) is 12.0. The van der Waals surface area contributed by atoms with Crippen molar-refractivity contribution < 1.29 is 14.7 Å². The minimum absolute atomic E-state index is 0.0652. The molecule has 1 saturated heterocycles. The van der Waals surface area contributed by atoms with Gasteiger partial charge in [0.1, 0.15) is 0 Å². The molecular weight excluding hydrogens is 316 g/mol. The SMILES string of the molecule is C[C@@H]1CN(CC(=O)Nc2ccc(-c3ccccc3)cc2)C[C@H]1C(=O)O. The lowest BCUT2D eigenvalue weighted by atomic mass is 9.99. The van der Waals surface area contributed by atoms with Gasteiger partial charge in [-0.15, -0.1) is 0 Å². The first-order chi connectivity index (χ1) is 12.0. The topological polar surface area (TPSA) is 69.6 Å². The molecule has 0 saturated carbocycles. The van der Waals surface area contributed by atoms with E-state index in [0.717, 1.165) is 16.8 Å². The Morgan fingerprint density at radius 3 is 2.28 bits per heavy atom. The van der Waals surface area contributed by atoms with Crippen molar-refractivity contribution in [1.82, 2.24) is 4.90 Å². The fourth-order valence-corrected chi connectivity index (χ4v) is 3.30. The molecule has 0 unspecified atom stereocenters. The van der Waals surface area contributed by atoms with Crippen molar-refractivity contribution in [1.29, 1.82) is 0 Å². The Bertz CT molecular complexity index is 743. The van der Waals surface area contributed by atoms with E-state index >= 15 is 0 Å². The third-order valence-electron chi connectivity index (χ3n) is 4.65. The molecule has 2 aromatic carbocycles. The van der Waals surface area contributed by atoms with Crippen LogP contribution in [-0.4, -0.2) is 41.5 Å². The van der Waals surface area contributed by atoms with E-state index in [0.29, 0.717) is 13.1 Å². The Morgan fingerprint density at radius 2 is 1.68 bits per heavy atom. The molecule has 0 spiro atoms. The monoisotopic (exact) mass is 338 g/mol. The lowest BCUT2D eigenvalue weighted by Gasteiger charge is -2.15. The Labute approximate surface area is 147 Å². The van der Waals surface area contributed by atoms with Crippen LogP contribution in [0.4, 0.5) is 5.69 Å². The Balaban J connectivity index is 1.56. The zero-order valence-corrected chi connectivity index (χ0v) is 14.2. The first-order valence-electron chi connectivity index (χ1n) is 8.43. The van der Waals surface area contributed by atoms with E-state index in [4.69, 9.17) is 5.11 Å². The molecule has 2 atom stereocenters. The normalized spacial score (nSPS) is 20.4. The molecule has 2 N–H and O–H groups in total. The molecule has 3 rings (SSSR count). The molecule has 130 valence electrons. The van der Waals surface area contributed by atoms with Crippen LogP contribution in [0, 0.1) is 11.8 Å². The number of hydrogen-bond donors (Lipinski definition) is 2. The Morgan fingerprint density at radius 1 is 1.04 bits per heavy atom. The van der Waals surface area contributed by atoms with Crippen molar-refractivity contribution in [3.05, 3.63) is 54.6 Å². The highest BCUT2D eigenvalue weighted by Gasteiger charge is 2.35. The molecule has 1 amide bonds. The molecule has 5 nitrogen and oxygen atoms in total. The van der Waals surface area contributed by atoms with Crippen molar-refractivity contribution in [2.45, 2.75) is 6.92 Å². The molecule has 2 aromatic rings. The standard InChI is InChI=1S/C20H22N2O3/c1-14-11-22(12-18(14)20(24)25)13-19(23)21-17-9-7-16(8-10-17)15-5-3-2-4-6-15/h2-10,14,18H,11-13H2,1H3,(H,21,23)(H,24,25)/t14-,18-/m1/s1. The maximum atomic E-state index is 12.2. The number of carbonyl (C=O) groups excluding carboxylic acids is 1. The van der Waals surface area contributed by atoms with Gasteiger partial charge in [0.05, 0.1) is 12.5 Å². The third kappa shape index (κ3) is 4.25. The molecule has 0 aliphatic carbocycles. The second kappa shape index (κ2) is 7.49. The van der Waals surface area contributed by atoms with Gasteiger partial charge in [-0.05, 0) is 29.2 Å². The molecule has 1 aliphatic heterocycles. The Kier molecular flexibility index (Phi) is 5.14. The smallest absolute Gasteiger partial charge is 0.308 e. The minimum atomic E-state index is -0.785. The minimum Gasteiger partial charge on any atom is -0.481 e. The number of anilines is 1. The largest absolute Gasteiger partial charge is 0.481 e. The Hall–Kier alpha value is -2.66. The van der Waals surface area contributed by atoms with Crippen LogP contribution in [0.5, 0.6) is 0 Å². The maximum Gasteiger partial charge on any atom is 0.308 e. The van der Waals surface area contributed by atoms with Crippen LogP contribution in [0.25, 0.3) is 11.1 Å². The van der Waals surface area contributed by atoms with Gasteiger partial charge in [-0.1, -0.05) is 49.4 Å². The quantitative estimate of drug-likeness (QED) is 0.879. The zero-order chi connectivity index (χ0) is 17.8. The van der Waals surface area contributed by atoms with Gasteiger partial charge < -0.3 is 10.4 Å². The van der Waals surface area contributed by atoms with Gasteiger partial charge in [0.2, 0.25) is 5.91 Å². The zero-order valence-electron chi connectivity index (χ0n) is 14.2. The van der Waals surface area contributed by atoms with Crippen LogP contribution in [0.2, 0.25) is 0 Å². The predicted molar refractivity (Wildman–Crippen MR) is 97.2 cm³/mol. The van der Waals surface area contributed by atoms with Gasteiger partial charge in [0, 0.05) is 18.8 Å². The van der Waals surface area contributed by atoms with Gasteiger partial charge in [-0.2, -0.15) is 0 Å². The van der Waals surface area contributed by atoms with Crippen molar-refractivity contribution in [3.63, 3.8) is 0 Å². The van der Waals surface area contributed by atoms with Crippen LogP contribution in [0.1, 0.15) is 6.92 Å². The van der Waals surface area contributed by atoms with Gasteiger partial charge in [-0.25, -0.2) is 0 Å². The summed E-state index contributed by atoms with van der Waals surface area (Å²) < 4.78 is 0. The van der Waals surface area contributed by atoms with E-state index < -0.39 is 11.9 Å². The molecule has 1 heterocycles. The van der Waals surface area contributed by atoms with Crippen LogP contribution in [0.3, 0.4) is 0 Å². The molecular formula is C20H22N2O3. The summed E-state index contributed by atoms with van der Waals surface area (Å²) in [5.74, 6) is -1.23. The number of hydrogen-bond acceptors (Lipinski definition) is 3. The van der Waals surface area contributed by atoms with Crippen molar-refractivity contribution in [3.8, 4) is 11.1 Å². The summed E-state index contributed by atoms with van der Waals surface area (Å²) in [6.45, 7) is 3.20. The second-order valence-corrected chi connectivity index (χ2v) is 6.61. The molecule has 25 heavy (non-hydrogen) atoms. The highest BCUT2D eigenvalue weighted by molar-refractivity contribution is 5.92. The molecule has 0 aromatic heterocycles. The van der Waals surface area contributed by atoms with Gasteiger partial charge >= 0.3 is 5.97 Å². The number of amides is 1. The fraction of sp³-hybridized carbons (Fsp3) is 0.300. The first-order valence-corrected chi connectivity index (χ1v) is 8.43. The van der Waals surface area contributed by atoms with Crippen LogP contribution < -0.4 is 5.32 Å². The molecule has 5 heteroatoms. The highest BCUT2D eigenvalue weighted by atomic mass is 16.4. The number of aliphatic carboxylic acids is 1. The number of benzene rings is 2. The van der Waals surface area contributed by atoms with Crippen molar-refractivity contribution in [2.24, 2.45) is 11.8 Å². The number of likely N-dealkylation sites (tertiary alicyclic amines) is 1. The van der Waals surface area contributed by atoms with Gasteiger partial charge in [-0.3, -0.25) is 14.5 Å². The number of rotatable bonds is 5. The molecule has 0 bridgehead atoms.